The van der Waals surface area contributed by atoms with Crippen molar-refractivity contribution in [1.82, 2.24) is 5.32 Å². The van der Waals surface area contributed by atoms with Crippen molar-refractivity contribution in [2.75, 3.05) is 0 Å². The summed E-state index contributed by atoms with van der Waals surface area (Å²) in [4.78, 5) is 25.9. The summed E-state index contributed by atoms with van der Waals surface area (Å²) in [6.45, 7) is 12.8. The van der Waals surface area contributed by atoms with Gasteiger partial charge in [0, 0.05) is 16.9 Å². The monoisotopic (exact) mass is 525 g/mol. The number of hydrogen-bond acceptors (Lipinski definition) is 6. The molecule has 0 aliphatic heterocycles. The first-order chi connectivity index (χ1) is 17.8. The highest BCUT2D eigenvalue weighted by Gasteiger charge is 2.39. The molecule has 0 saturated heterocycles. The minimum Gasteiger partial charge on any atom is -0.456 e. The molecule has 2 aromatic carbocycles. The molecule has 7 nitrogen and oxygen atoms in total. The van der Waals surface area contributed by atoms with Crippen molar-refractivity contribution in [3.8, 4) is 0 Å². The van der Waals surface area contributed by atoms with Crippen LogP contribution in [0.3, 0.4) is 0 Å². The van der Waals surface area contributed by atoms with Gasteiger partial charge in [-0.3, -0.25) is 4.79 Å². The number of aliphatic hydroxyl groups is 3. The molecule has 0 saturated carbocycles. The number of carbonyl (C=O) groups excluding carboxylic acids is 2. The third-order valence-electron chi connectivity index (χ3n) is 7.73. The quantitative estimate of drug-likeness (QED) is 0.238. The Morgan fingerprint density at radius 2 is 1.42 bits per heavy atom. The topological polar surface area (TPSA) is 116 Å². The van der Waals surface area contributed by atoms with Crippen LogP contribution in [-0.4, -0.2) is 51.6 Å². The zero-order valence-corrected chi connectivity index (χ0v) is 23.5. The molecule has 0 heterocycles. The van der Waals surface area contributed by atoms with Crippen molar-refractivity contribution in [1.29, 1.82) is 0 Å². The smallest absolute Gasteiger partial charge is 0.338 e. The SMILES string of the molecule is CC[C@H](O)C(C)(C)[C@@H](O)[C@@H](C)/C(C)=C(\C)[C@H](C)OC(=O)[C@H](O)[C@@H](NC(=O)c1ccccc1)c1ccccc1. The molecule has 208 valence electrons. The van der Waals surface area contributed by atoms with E-state index in [1.54, 1.807) is 67.6 Å². The molecule has 0 fully saturated rings. The first kappa shape index (κ1) is 31.2. The molecule has 0 radical (unpaired) electrons. The number of nitrogens with one attached hydrogen (secondary N) is 1. The van der Waals surface area contributed by atoms with Crippen LogP contribution in [0.15, 0.2) is 71.8 Å². The lowest BCUT2D eigenvalue weighted by Crippen LogP contribution is -2.44. The van der Waals surface area contributed by atoms with E-state index >= 15 is 0 Å². The van der Waals surface area contributed by atoms with E-state index in [1.807, 2.05) is 41.5 Å². The van der Waals surface area contributed by atoms with Gasteiger partial charge < -0.3 is 25.4 Å². The zero-order chi connectivity index (χ0) is 28.6. The van der Waals surface area contributed by atoms with Crippen LogP contribution in [0, 0.1) is 11.3 Å². The maximum absolute atomic E-state index is 13.1. The Kier molecular flexibility index (Phi) is 11.2. The Labute approximate surface area is 226 Å². The largest absolute Gasteiger partial charge is 0.456 e. The van der Waals surface area contributed by atoms with Crippen LogP contribution in [0.5, 0.6) is 0 Å². The Morgan fingerprint density at radius 1 is 0.895 bits per heavy atom. The Morgan fingerprint density at radius 3 is 1.95 bits per heavy atom. The van der Waals surface area contributed by atoms with Gasteiger partial charge in [-0.05, 0) is 50.5 Å². The number of ether oxygens (including phenoxy) is 1. The normalized spacial score (nSPS) is 17.3. The molecular weight excluding hydrogens is 482 g/mol. The van der Waals surface area contributed by atoms with Gasteiger partial charge >= 0.3 is 5.97 Å². The zero-order valence-electron chi connectivity index (χ0n) is 23.5. The lowest BCUT2D eigenvalue weighted by Gasteiger charge is -2.39. The molecule has 0 spiro atoms. The van der Waals surface area contributed by atoms with Crippen molar-refractivity contribution < 1.29 is 29.6 Å². The van der Waals surface area contributed by atoms with Gasteiger partial charge in [-0.1, -0.05) is 81.8 Å². The lowest BCUT2D eigenvalue weighted by molar-refractivity contribution is -0.158. The molecule has 0 aliphatic rings. The van der Waals surface area contributed by atoms with E-state index in [4.69, 9.17) is 4.74 Å². The average Bonchev–Trinajstić information content (AvgIpc) is 2.93. The van der Waals surface area contributed by atoms with Crippen molar-refractivity contribution in [3.63, 3.8) is 0 Å². The average molecular weight is 526 g/mol. The standard InChI is InChI=1S/C31H43NO6/c1-8-25(33)31(6,7)28(35)21(4)19(2)20(3)22(5)38-30(37)27(34)26(23-15-11-9-12-16-23)32-29(36)24-17-13-10-14-18-24/h9-18,21-22,25-28,33-35H,8H2,1-7H3,(H,32,36)/b20-19+/t21-,22-,25-,26-,27+,28-/m0/s1. The summed E-state index contributed by atoms with van der Waals surface area (Å²) in [7, 11) is 0. The first-order valence-electron chi connectivity index (χ1n) is 13.2. The second-order valence-electron chi connectivity index (χ2n) is 10.6. The molecule has 38 heavy (non-hydrogen) atoms. The van der Waals surface area contributed by atoms with Gasteiger partial charge in [0.2, 0.25) is 0 Å². The van der Waals surface area contributed by atoms with E-state index in [0.717, 1.165) is 11.1 Å². The second kappa shape index (κ2) is 13.7. The molecule has 6 atom stereocenters. The summed E-state index contributed by atoms with van der Waals surface area (Å²) in [5.41, 5.74) is 1.81. The van der Waals surface area contributed by atoms with Gasteiger partial charge in [-0.15, -0.1) is 0 Å². The third-order valence-corrected chi connectivity index (χ3v) is 7.73. The Balaban J connectivity index is 2.21. The molecule has 4 N–H and O–H groups in total. The molecule has 7 heteroatoms. The number of benzene rings is 2. The third kappa shape index (κ3) is 7.53. The predicted octanol–water partition coefficient (Wildman–Crippen LogP) is 4.58. The van der Waals surface area contributed by atoms with Crippen molar-refractivity contribution in [3.05, 3.63) is 82.9 Å². The van der Waals surface area contributed by atoms with Crippen LogP contribution in [-0.2, 0) is 9.53 Å². The summed E-state index contributed by atoms with van der Waals surface area (Å²) >= 11 is 0. The van der Waals surface area contributed by atoms with Gasteiger partial charge in [0.15, 0.2) is 6.10 Å². The number of hydrogen-bond donors (Lipinski definition) is 4. The van der Waals surface area contributed by atoms with Crippen molar-refractivity contribution in [2.45, 2.75) is 85.3 Å². The summed E-state index contributed by atoms with van der Waals surface area (Å²) < 4.78 is 5.64. The van der Waals surface area contributed by atoms with E-state index in [1.165, 1.54) is 0 Å². The minimum atomic E-state index is -1.65. The fourth-order valence-corrected chi connectivity index (χ4v) is 4.57. The molecular formula is C31H43NO6. The van der Waals surface area contributed by atoms with Gasteiger partial charge in [-0.2, -0.15) is 0 Å². The van der Waals surface area contributed by atoms with E-state index < -0.39 is 47.7 Å². The molecule has 0 bridgehead atoms. The maximum atomic E-state index is 13.1. The number of aliphatic hydroxyl groups excluding tert-OH is 3. The molecule has 0 unspecified atom stereocenters. The van der Waals surface area contributed by atoms with Gasteiger partial charge in [-0.25, -0.2) is 4.79 Å². The number of rotatable bonds is 12. The highest BCUT2D eigenvalue weighted by Crippen LogP contribution is 2.35. The van der Waals surface area contributed by atoms with Crippen LogP contribution in [0.2, 0.25) is 0 Å². The number of amides is 1. The van der Waals surface area contributed by atoms with Gasteiger partial charge in [0.05, 0.1) is 18.2 Å². The summed E-state index contributed by atoms with van der Waals surface area (Å²) in [5.74, 6) is -1.60. The molecule has 0 aromatic heterocycles. The second-order valence-corrected chi connectivity index (χ2v) is 10.6. The molecule has 0 aliphatic carbocycles. The van der Waals surface area contributed by atoms with Gasteiger partial charge in [0.1, 0.15) is 6.10 Å². The molecule has 2 rings (SSSR count). The van der Waals surface area contributed by atoms with Crippen LogP contribution in [0.4, 0.5) is 0 Å². The fraction of sp³-hybridized carbons (Fsp3) is 0.484. The van der Waals surface area contributed by atoms with Crippen LogP contribution >= 0.6 is 0 Å². The van der Waals surface area contributed by atoms with Crippen LogP contribution < -0.4 is 5.32 Å². The maximum Gasteiger partial charge on any atom is 0.338 e. The van der Waals surface area contributed by atoms with Gasteiger partial charge in [0.25, 0.3) is 5.91 Å². The van der Waals surface area contributed by atoms with Crippen molar-refractivity contribution >= 4 is 11.9 Å². The highest BCUT2D eigenvalue weighted by molar-refractivity contribution is 5.94. The lowest BCUT2D eigenvalue weighted by atomic mass is 9.72. The summed E-state index contributed by atoms with van der Waals surface area (Å²) in [5, 5.41) is 35.2. The summed E-state index contributed by atoms with van der Waals surface area (Å²) in [6, 6.07) is 16.3. The predicted molar refractivity (Wildman–Crippen MR) is 148 cm³/mol. The van der Waals surface area contributed by atoms with E-state index in [-0.39, 0.29) is 5.92 Å². The van der Waals surface area contributed by atoms with Crippen LogP contribution in [0.1, 0.15) is 76.9 Å². The van der Waals surface area contributed by atoms with E-state index in [9.17, 15) is 24.9 Å². The van der Waals surface area contributed by atoms with E-state index in [0.29, 0.717) is 17.5 Å². The molecule has 1 amide bonds. The first-order valence-corrected chi connectivity index (χ1v) is 13.2. The number of esters is 1. The highest BCUT2D eigenvalue weighted by atomic mass is 16.6. The number of carbonyl (C=O) groups is 2. The summed E-state index contributed by atoms with van der Waals surface area (Å²) in [6.07, 6.45) is -3.31. The Hall–Kier alpha value is -3.00. The Bertz CT molecular complexity index is 1080. The molecule has 2 aromatic rings. The minimum absolute atomic E-state index is 0.306. The van der Waals surface area contributed by atoms with Crippen LogP contribution in [0.25, 0.3) is 0 Å². The van der Waals surface area contributed by atoms with E-state index in [2.05, 4.69) is 5.32 Å². The fourth-order valence-electron chi connectivity index (χ4n) is 4.57. The van der Waals surface area contributed by atoms with Crippen molar-refractivity contribution in [2.24, 2.45) is 11.3 Å².